The van der Waals surface area contributed by atoms with Gasteiger partial charge in [-0.2, -0.15) is 10.1 Å². The number of carbonyl (C=O) groups is 1. The van der Waals surface area contributed by atoms with Gasteiger partial charge in [-0.3, -0.25) is 14.4 Å². The molecule has 2 aromatic rings. The Bertz CT molecular complexity index is 639. The Morgan fingerprint density at radius 3 is 3.00 bits per heavy atom. The Balaban J connectivity index is 1.55. The molecule has 0 spiro atoms. The first-order chi connectivity index (χ1) is 11.1. The second-order valence-corrected chi connectivity index (χ2v) is 5.78. The maximum Gasteiger partial charge on any atom is 0.223 e. The summed E-state index contributed by atoms with van der Waals surface area (Å²) in [6.07, 6.45) is 4.21. The summed E-state index contributed by atoms with van der Waals surface area (Å²) < 4.78 is 6.80. The molecule has 3 rings (SSSR count). The minimum absolute atomic E-state index is 0.0376. The number of likely N-dealkylation sites (tertiary alicyclic amines) is 1. The standard InChI is InChI=1S/C14H21N7O2/c1-11-17-14(18-23-11)8-21(12(2)22)13-3-4-19(7-13)5-6-20-10-15-9-16-20/h9-10,13H,3-8H2,1-2H3/t13-/m1/s1. The SMILES string of the molecule is CC(=O)N(Cc1noc(C)n1)[C@@H]1CCN(CCn2cncn2)C1. The number of hydrogen-bond donors (Lipinski definition) is 0. The molecule has 1 amide bonds. The van der Waals surface area contributed by atoms with Gasteiger partial charge in [-0.05, 0) is 6.42 Å². The van der Waals surface area contributed by atoms with E-state index in [2.05, 4.69) is 25.1 Å². The van der Waals surface area contributed by atoms with Crippen LogP contribution >= 0.6 is 0 Å². The molecule has 0 aromatic carbocycles. The highest BCUT2D eigenvalue weighted by molar-refractivity contribution is 5.73. The Morgan fingerprint density at radius 1 is 1.48 bits per heavy atom. The molecule has 2 aromatic heterocycles. The van der Waals surface area contributed by atoms with Gasteiger partial charge in [0, 0.05) is 39.5 Å². The van der Waals surface area contributed by atoms with Crippen LogP contribution in [0.3, 0.4) is 0 Å². The molecule has 1 aliphatic rings. The van der Waals surface area contributed by atoms with Crippen molar-refractivity contribution >= 4 is 5.91 Å². The first-order valence-corrected chi connectivity index (χ1v) is 7.73. The predicted octanol–water partition coefficient (Wildman–Crippen LogP) is 0.0925. The normalized spacial score (nSPS) is 18.4. The molecule has 1 saturated heterocycles. The number of amides is 1. The van der Waals surface area contributed by atoms with Gasteiger partial charge in [-0.25, -0.2) is 4.98 Å². The van der Waals surface area contributed by atoms with Gasteiger partial charge in [-0.15, -0.1) is 0 Å². The number of aryl methyl sites for hydroxylation is 1. The third-order valence-electron chi connectivity index (χ3n) is 4.09. The van der Waals surface area contributed by atoms with Crippen LogP contribution in [-0.2, 0) is 17.9 Å². The van der Waals surface area contributed by atoms with Crippen LogP contribution in [0.25, 0.3) is 0 Å². The van der Waals surface area contributed by atoms with E-state index in [0.717, 1.165) is 32.6 Å². The molecule has 1 atom stereocenters. The highest BCUT2D eigenvalue weighted by Gasteiger charge is 2.30. The van der Waals surface area contributed by atoms with E-state index in [-0.39, 0.29) is 11.9 Å². The van der Waals surface area contributed by atoms with Crippen LogP contribution in [0.4, 0.5) is 0 Å². The van der Waals surface area contributed by atoms with Crippen molar-refractivity contribution in [2.24, 2.45) is 0 Å². The lowest BCUT2D eigenvalue weighted by Gasteiger charge is -2.27. The van der Waals surface area contributed by atoms with Crippen molar-refractivity contribution in [3.63, 3.8) is 0 Å². The summed E-state index contributed by atoms with van der Waals surface area (Å²) in [4.78, 5) is 24.3. The number of carbonyl (C=O) groups excluding carboxylic acids is 1. The number of aromatic nitrogens is 5. The fraction of sp³-hybridized carbons (Fsp3) is 0.643. The largest absolute Gasteiger partial charge is 0.340 e. The summed E-state index contributed by atoms with van der Waals surface area (Å²) in [6, 6.07) is 0.182. The lowest BCUT2D eigenvalue weighted by Crippen LogP contribution is -2.40. The minimum Gasteiger partial charge on any atom is -0.340 e. The van der Waals surface area contributed by atoms with Crippen LogP contribution < -0.4 is 0 Å². The van der Waals surface area contributed by atoms with Gasteiger partial charge in [0.25, 0.3) is 0 Å². The molecule has 23 heavy (non-hydrogen) atoms. The van der Waals surface area contributed by atoms with Crippen molar-refractivity contribution in [3.05, 3.63) is 24.4 Å². The van der Waals surface area contributed by atoms with Crippen LogP contribution in [-0.4, -0.2) is 66.3 Å². The molecule has 0 aliphatic carbocycles. The van der Waals surface area contributed by atoms with Crippen molar-refractivity contribution < 1.29 is 9.32 Å². The lowest BCUT2D eigenvalue weighted by molar-refractivity contribution is -0.131. The molecular weight excluding hydrogens is 298 g/mol. The quantitative estimate of drug-likeness (QED) is 0.745. The Kier molecular flexibility index (Phi) is 4.65. The molecule has 0 radical (unpaired) electrons. The molecule has 124 valence electrons. The van der Waals surface area contributed by atoms with Crippen molar-refractivity contribution in [1.82, 2.24) is 34.7 Å². The zero-order valence-corrected chi connectivity index (χ0v) is 13.4. The summed E-state index contributed by atoms with van der Waals surface area (Å²) in [6.45, 7) is 7.25. The number of hydrogen-bond acceptors (Lipinski definition) is 7. The van der Waals surface area contributed by atoms with Gasteiger partial charge in [-0.1, -0.05) is 5.16 Å². The van der Waals surface area contributed by atoms with Crippen molar-refractivity contribution in [2.45, 2.75) is 39.4 Å². The molecule has 1 aliphatic heterocycles. The molecule has 9 heteroatoms. The molecule has 0 bridgehead atoms. The molecule has 3 heterocycles. The highest BCUT2D eigenvalue weighted by atomic mass is 16.5. The average Bonchev–Trinajstić information content (AvgIpc) is 3.24. The fourth-order valence-electron chi connectivity index (χ4n) is 2.92. The molecule has 0 N–H and O–H groups in total. The van der Waals surface area contributed by atoms with Crippen LogP contribution in [0.2, 0.25) is 0 Å². The lowest BCUT2D eigenvalue weighted by atomic mass is 10.2. The summed E-state index contributed by atoms with van der Waals surface area (Å²) in [5.41, 5.74) is 0. The second kappa shape index (κ2) is 6.86. The molecule has 0 saturated carbocycles. The van der Waals surface area contributed by atoms with E-state index < -0.39 is 0 Å². The Labute approximate surface area is 134 Å². The van der Waals surface area contributed by atoms with Gasteiger partial charge in [0.2, 0.25) is 11.8 Å². The van der Waals surface area contributed by atoms with Gasteiger partial charge >= 0.3 is 0 Å². The van der Waals surface area contributed by atoms with Gasteiger partial charge in [0.05, 0.1) is 13.1 Å². The maximum atomic E-state index is 12.0. The van der Waals surface area contributed by atoms with Crippen LogP contribution in [0, 0.1) is 6.92 Å². The zero-order chi connectivity index (χ0) is 16.2. The Morgan fingerprint density at radius 2 is 2.35 bits per heavy atom. The minimum atomic E-state index is 0.0376. The predicted molar refractivity (Wildman–Crippen MR) is 80.1 cm³/mol. The summed E-state index contributed by atoms with van der Waals surface area (Å²) in [5, 5.41) is 7.99. The van der Waals surface area contributed by atoms with E-state index in [4.69, 9.17) is 4.52 Å². The highest BCUT2D eigenvalue weighted by Crippen LogP contribution is 2.18. The smallest absolute Gasteiger partial charge is 0.223 e. The topological polar surface area (TPSA) is 93.2 Å². The fourth-order valence-corrected chi connectivity index (χ4v) is 2.92. The third-order valence-corrected chi connectivity index (χ3v) is 4.09. The summed E-state index contributed by atoms with van der Waals surface area (Å²) in [7, 11) is 0. The van der Waals surface area contributed by atoms with Crippen LogP contribution in [0.1, 0.15) is 25.1 Å². The van der Waals surface area contributed by atoms with Crippen molar-refractivity contribution in [1.29, 1.82) is 0 Å². The number of rotatable bonds is 6. The first-order valence-electron chi connectivity index (χ1n) is 7.73. The molecular formula is C14H21N7O2. The summed E-state index contributed by atoms with van der Waals surface area (Å²) in [5.74, 6) is 1.11. The van der Waals surface area contributed by atoms with E-state index in [1.54, 1.807) is 20.2 Å². The van der Waals surface area contributed by atoms with Crippen molar-refractivity contribution in [3.8, 4) is 0 Å². The Hall–Kier alpha value is -2.29. The van der Waals surface area contributed by atoms with E-state index in [9.17, 15) is 4.79 Å². The van der Waals surface area contributed by atoms with E-state index in [1.165, 1.54) is 6.33 Å². The van der Waals surface area contributed by atoms with E-state index >= 15 is 0 Å². The van der Waals surface area contributed by atoms with Crippen LogP contribution in [0.15, 0.2) is 17.2 Å². The van der Waals surface area contributed by atoms with Crippen LogP contribution in [0.5, 0.6) is 0 Å². The number of nitrogens with zero attached hydrogens (tertiary/aromatic N) is 7. The second-order valence-electron chi connectivity index (χ2n) is 5.78. The molecule has 1 fully saturated rings. The van der Waals surface area contributed by atoms with Gasteiger partial charge in [0.15, 0.2) is 5.82 Å². The monoisotopic (exact) mass is 319 g/mol. The van der Waals surface area contributed by atoms with E-state index in [1.807, 2.05) is 9.58 Å². The first kappa shape index (κ1) is 15.6. The summed E-state index contributed by atoms with van der Waals surface area (Å²) >= 11 is 0. The van der Waals surface area contributed by atoms with Gasteiger partial charge in [0.1, 0.15) is 12.7 Å². The third kappa shape index (κ3) is 3.92. The average molecular weight is 319 g/mol. The van der Waals surface area contributed by atoms with Gasteiger partial charge < -0.3 is 9.42 Å². The maximum absolute atomic E-state index is 12.0. The molecule has 9 nitrogen and oxygen atoms in total. The van der Waals surface area contributed by atoms with E-state index in [0.29, 0.717) is 18.3 Å². The van der Waals surface area contributed by atoms with Crippen molar-refractivity contribution in [2.75, 3.05) is 19.6 Å². The molecule has 0 unspecified atom stereocenters. The zero-order valence-electron chi connectivity index (χ0n) is 13.4.